The van der Waals surface area contributed by atoms with Gasteiger partial charge in [-0.2, -0.15) is 0 Å². The summed E-state index contributed by atoms with van der Waals surface area (Å²) in [5.74, 6) is -3.84. The van der Waals surface area contributed by atoms with Crippen molar-refractivity contribution in [1.82, 2.24) is 4.90 Å². The summed E-state index contributed by atoms with van der Waals surface area (Å²) in [6.45, 7) is 0.305. The van der Waals surface area contributed by atoms with E-state index < -0.39 is 65.4 Å². The molecule has 6 atom stereocenters. The first kappa shape index (κ1) is 18.2. The van der Waals surface area contributed by atoms with Gasteiger partial charge in [-0.05, 0) is 6.92 Å². The second-order valence-electron chi connectivity index (χ2n) is 6.06. The average molecular weight is 376 g/mol. The van der Waals surface area contributed by atoms with Crippen LogP contribution in [-0.4, -0.2) is 65.4 Å². The minimum Gasteiger partial charge on any atom is -0.491 e. The molecular formula is C15H15F3N2O6. The third-order valence-corrected chi connectivity index (χ3v) is 4.74. The van der Waals surface area contributed by atoms with E-state index in [1.807, 2.05) is 0 Å². The van der Waals surface area contributed by atoms with Crippen LogP contribution in [-0.2, 0) is 19.1 Å². The maximum absolute atomic E-state index is 14.4. The molecule has 0 aromatic heterocycles. The molecule has 1 fully saturated rings. The first-order valence-electron chi connectivity index (χ1n) is 7.87. The second-order valence-corrected chi connectivity index (χ2v) is 6.06. The summed E-state index contributed by atoms with van der Waals surface area (Å²) in [7, 11) is 0. The van der Waals surface area contributed by atoms with Crippen molar-refractivity contribution in [3.63, 3.8) is 0 Å². The van der Waals surface area contributed by atoms with E-state index in [9.17, 15) is 32.9 Å². The fourth-order valence-electron chi connectivity index (χ4n) is 3.63. The Morgan fingerprint density at radius 3 is 2.69 bits per heavy atom. The van der Waals surface area contributed by atoms with E-state index in [1.54, 1.807) is 0 Å². The summed E-state index contributed by atoms with van der Waals surface area (Å²) in [5.41, 5.74) is -0.749. The number of alkyl halides is 3. The molecule has 1 aliphatic carbocycles. The number of ether oxygens (including phenoxy) is 2. The van der Waals surface area contributed by atoms with Crippen LogP contribution in [0.15, 0.2) is 23.7 Å². The number of esters is 1. The lowest BCUT2D eigenvalue weighted by atomic mass is 9.70. The Morgan fingerprint density at radius 2 is 2.12 bits per heavy atom. The number of hydrogen-bond donors (Lipinski definition) is 0. The van der Waals surface area contributed by atoms with Gasteiger partial charge in [0.1, 0.15) is 24.4 Å². The van der Waals surface area contributed by atoms with E-state index in [2.05, 4.69) is 0 Å². The highest BCUT2D eigenvalue weighted by atomic mass is 19.2. The second kappa shape index (κ2) is 6.61. The Balaban J connectivity index is 2.15. The summed E-state index contributed by atoms with van der Waals surface area (Å²) < 4.78 is 51.9. The van der Waals surface area contributed by atoms with Gasteiger partial charge >= 0.3 is 5.97 Å². The number of Topliss-reactive ketones (excluding diaryl/α,β-unsaturated/α-hetero) is 1. The van der Waals surface area contributed by atoms with Crippen molar-refractivity contribution in [2.24, 2.45) is 5.92 Å². The van der Waals surface area contributed by atoms with E-state index in [1.165, 1.54) is 6.92 Å². The van der Waals surface area contributed by atoms with Crippen LogP contribution in [0.5, 0.6) is 0 Å². The SMILES string of the molecule is CCOC(=O)C1=CN2C(CF)=COC3C(F)C(F)C([N+](=O)[O-])C(C1=O)C32. The standard InChI is InChI=1S/C15H15F3N2O6/c1-2-25-15(22)7-4-19-6(3-16)5-26-14-10(18)9(17)11(20(23)24)8(12(14)19)13(7)21/h4-5,8-12,14H,2-3H2,1H3. The van der Waals surface area contributed by atoms with Crippen LogP contribution < -0.4 is 0 Å². The number of carbonyl (C=O) groups is 2. The lowest BCUT2D eigenvalue weighted by molar-refractivity contribution is -0.546. The van der Waals surface area contributed by atoms with Crippen LogP contribution in [0.4, 0.5) is 13.2 Å². The number of hydrogen-bond acceptors (Lipinski definition) is 7. The van der Waals surface area contributed by atoms with Gasteiger partial charge in [-0.25, -0.2) is 18.0 Å². The molecule has 11 heteroatoms. The van der Waals surface area contributed by atoms with Crippen LogP contribution >= 0.6 is 0 Å². The van der Waals surface area contributed by atoms with Gasteiger partial charge in [0.05, 0.1) is 18.3 Å². The highest BCUT2D eigenvalue weighted by Crippen LogP contribution is 2.44. The third kappa shape index (κ3) is 2.53. The minimum absolute atomic E-state index is 0.0773. The predicted octanol–water partition coefficient (Wildman–Crippen LogP) is 0.848. The Bertz CT molecular complexity index is 711. The fraction of sp³-hybridized carbons (Fsp3) is 0.600. The summed E-state index contributed by atoms with van der Waals surface area (Å²) >= 11 is 0. The maximum Gasteiger partial charge on any atom is 0.343 e. The van der Waals surface area contributed by atoms with Gasteiger partial charge in [-0.1, -0.05) is 0 Å². The molecule has 2 aliphatic heterocycles. The smallest absolute Gasteiger partial charge is 0.343 e. The van der Waals surface area contributed by atoms with E-state index in [0.29, 0.717) is 0 Å². The molecule has 0 aromatic carbocycles. The summed E-state index contributed by atoms with van der Waals surface area (Å²) in [4.78, 5) is 36.1. The van der Waals surface area contributed by atoms with E-state index >= 15 is 0 Å². The van der Waals surface area contributed by atoms with Gasteiger partial charge in [0.25, 0.3) is 6.04 Å². The molecule has 3 rings (SSSR count). The molecule has 0 spiro atoms. The van der Waals surface area contributed by atoms with Crippen LogP contribution in [0.1, 0.15) is 6.92 Å². The molecule has 3 aliphatic rings. The molecule has 2 heterocycles. The zero-order valence-electron chi connectivity index (χ0n) is 13.5. The van der Waals surface area contributed by atoms with Crippen molar-refractivity contribution in [2.45, 2.75) is 37.5 Å². The zero-order chi connectivity index (χ0) is 19.2. The molecule has 0 saturated heterocycles. The van der Waals surface area contributed by atoms with Crippen molar-refractivity contribution in [3.8, 4) is 0 Å². The molecule has 26 heavy (non-hydrogen) atoms. The average Bonchev–Trinajstić information content (AvgIpc) is 2.60. The molecular weight excluding hydrogens is 361 g/mol. The fourth-order valence-corrected chi connectivity index (χ4v) is 3.63. The largest absolute Gasteiger partial charge is 0.491 e. The van der Waals surface area contributed by atoms with Crippen LogP contribution in [0.3, 0.4) is 0 Å². The molecule has 0 bridgehead atoms. The Hall–Kier alpha value is -2.59. The minimum atomic E-state index is -2.62. The van der Waals surface area contributed by atoms with Crippen LogP contribution in [0, 0.1) is 16.0 Å². The van der Waals surface area contributed by atoms with Crippen LogP contribution in [0.25, 0.3) is 0 Å². The van der Waals surface area contributed by atoms with E-state index in [-0.39, 0.29) is 12.3 Å². The maximum atomic E-state index is 14.4. The van der Waals surface area contributed by atoms with Gasteiger partial charge in [-0.3, -0.25) is 14.9 Å². The van der Waals surface area contributed by atoms with Gasteiger partial charge in [0.15, 0.2) is 18.1 Å². The highest BCUT2D eigenvalue weighted by molar-refractivity contribution is 6.19. The van der Waals surface area contributed by atoms with Crippen molar-refractivity contribution >= 4 is 11.8 Å². The first-order valence-corrected chi connectivity index (χ1v) is 7.87. The molecule has 8 nitrogen and oxygen atoms in total. The van der Waals surface area contributed by atoms with Crippen molar-refractivity contribution in [1.29, 1.82) is 0 Å². The summed E-state index contributed by atoms with van der Waals surface area (Å²) in [6.07, 6.45) is -4.74. The van der Waals surface area contributed by atoms with Gasteiger partial charge in [0.2, 0.25) is 6.17 Å². The topological polar surface area (TPSA) is 99.0 Å². The molecule has 0 N–H and O–H groups in total. The quantitative estimate of drug-likeness (QED) is 0.310. The van der Waals surface area contributed by atoms with Crippen LogP contribution in [0.2, 0.25) is 0 Å². The highest BCUT2D eigenvalue weighted by Gasteiger charge is 2.65. The lowest BCUT2D eigenvalue weighted by Gasteiger charge is -2.50. The summed E-state index contributed by atoms with van der Waals surface area (Å²) in [5, 5.41) is 11.3. The number of ketones is 1. The normalized spacial score (nSPS) is 35.7. The van der Waals surface area contributed by atoms with Crippen molar-refractivity contribution in [3.05, 3.63) is 33.8 Å². The van der Waals surface area contributed by atoms with Gasteiger partial charge < -0.3 is 14.4 Å². The number of allylic oxidation sites excluding steroid dienone is 1. The Morgan fingerprint density at radius 1 is 1.42 bits per heavy atom. The number of carbonyl (C=O) groups excluding carboxylic acids is 2. The Kier molecular flexibility index (Phi) is 4.63. The number of nitrogens with zero attached hydrogens (tertiary/aromatic N) is 2. The lowest BCUT2D eigenvalue weighted by Crippen LogP contribution is -2.69. The monoisotopic (exact) mass is 376 g/mol. The molecule has 142 valence electrons. The summed E-state index contributed by atoms with van der Waals surface area (Å²) in [6, 6.07) is -3.57. The number of rotatable bonds is 4. The molecule has 0 radical (unpaired) electrons. The van der Waals surface area contributed by atoms with E-state index in [0.717, 1.165) is 17.4 Å². The third-order valence-electron chi connectivity index (χ3n) is 4.74. The number of halogens is 3. The molecule has 0 aromatic rings. The zero-order valence-corrected chi connectivity index (χ0v) is 13.5. The van der Waals surface area contributed by atoms with E-state index in [4.69, 9.17) is 9.47 Å². The predicted molar refractivity (Wildman–Crippen MR) is 78.3 cm³/mol. The van der Waals surface area contributed by atoms with Gasteiger partial charge in [0, 0.05) is 11.1 Å². The van der Waals surface area contributed by atoms with Gasteiger partial charge in [-0.15, -0.1) is 0 Å². The van der Waals surface area contributed by atoms with Crippen molar-refractivity contribution < 1.29 is 37.2 Å². The molecule has 1 saturated carbocycles. The number of nitro groups is 1. The first-order chi connectivity index (χ1) is 12.3. The molecule has 0 amide bonds. The molecule has 6 unspecified atom stereocenters. The Labute approximate surface area is 145 Å². The van der Waals surface area contributed by atoms with Crippen molar-refractivity contribution in [2.75, 3.05) is 13.3 Å².